The summed E-state index contributed by atoms with van der Waals surface area (Å²) < 4.78 is 0. The summed E-state index contributed by atoms with van der Waals surface area (Å²) in [5.74, 6) is 0. The second-order valence-corrected chi connectivity index (χ2v) is 2.18. The van der Waals surface area contributed by atoms with E-state index in [2.05, 4.69) is 13.5 Å². The highest BCUT2D eigenvalue weighted by atomic mass is 16.1. The Hall–Kier alpha value is -0.850. The van der Waals surface area contributed by atoms with Gasteiger partial charge < -0.3 is 0 Å². The Kier molecular flexibility index (Phi) is 5.74. The number of carbonyl (C=O) groups is 1. The molecular weight excluding hydrogens is 124 g/mol. The fraction of sp³-hybridized carbons (Fsp3) is 0.444. The van der Waals surface area contributed by atoms with Gasteiger partial charge in [-0.1, -0.05) is 25.5 Å². The third kappa shape index (κ3) is 4.07. The largest absolute Gasteiger partial charge is 0.298 e. The van der Waals surface area contributed by atoms with Crippen molar-refractivity contribution in [1.29, 1.82) is 0 Å². The van der Waals surface area contributed by atoms with Gasteiger partial charge in [0.25, 0.3) is 0 Å². The van der Waals surface area contributed by atoms with Crippen LogP contribution in [-0.2, 0) is 4.79 Å². The van der Waals surface area contributed by atoms with Crippen LogP contribution in [0.3, 0.4) is 0 Å². The minimum Gasteiger partial charge on any atom is -0.298 e. The van der Waals surface area contributed by atoms with Crippen LogP contribution in [0.1, 0.15) is 26.2 Å². The van der Waals surface area contributed by atoms with E-state index in [1.54, 1.807) is 6.08 Å². The predicted molar refractivity (Wildman–Crippen MR) is 43.9 cm³/mol. The van der Waals surface area contributed by atoms with Crippen molar-refractivity contribution < 1.29 is 4.79 Å². The molecule has 0 heterocycles. The number of hydrogen-bond donors (Lipinski definition) is 0. The van der Waals surface area contributed by atoms with Crippen LogP contribution < -0.4 is 0 Å². The molecule has 56 valence electrons. The van der Waals surface area contributed by atoms with Crippen LogP contribution in [0.2, 0.25) is 0 Å². The zero-order chi connectivity index (χ0) is 7.82. The fourth-order valence-corrected chi connectivity index (χ4v) is 0.676. The molecule has 0 saturated carbocycles. The molecule has 0 amide bonds. The van der Waals surface area contributed by atoms with Gasteiger partial charge in [-0.3, -0.25) is 4.79 Å². The molecule has 0 aliphatic heterocycles. The normalized spacial score (nSPS) is 11.1. The first kappa shape index (κ1) is 9.15. The van der Waals surface area contributed by atoms with Crippen LogP contribution in [-0.4, -0.2) is 6.29 Å². The predicted octanol–water partition coefficient (Wildman–Crippen LogP) is 2.49. The van der Waals surface area contributed by atoms with Crippen LogP contribution in [0.15, 0.2) is 24.3 Å². The summed E-state index contributed by atoms with van der Waals surface area (Å²) in [5, 5.41) is 0. The molecule has 0 saturated heterocycles. The molecular formula is C9H14O. The molecule has 0 N–H and O–H groups in total. The molecule has 0 radical (unpaired) electrons. The Morgan fingerprint density at radius 3 is 2.70 bits per heavy atom. The summed E-state index contributed by atoms with van der Waals surface area (Å²) in [4.78, 5) is 10.3. The molecule has 0 atom stereocenters. The molecule has 0 aromatic rings. The van der Waals surface area contributed by atoms with Crippen molar-refractivity contribution in [2.45, 2.75) is 26.2 Å². The van der Waals surface area contributed by atoms with E-state index in [4.69, 9.17) is 0 Å². The SMILES string of the molecule is C=CC/C(C=O)=C\CCC. The van der Waals surface area contributed by atoms with Crippen LogP contribution in [0.25, 0.3) is 0 Å². The van der Waals surface area contributed by atoms with Crippen LogP contribution in [0, 0.1) is 0 Å². The molecule has 1 heteroatoms. The van der Waals surface area contributed by atoms with E-state index in [-0.39, 0.29) is 0 Å². The quantitative estimate of drug-likeness (QED) is 0.324. The van der Waals surface area contributed by atoms with Gasteiger partial charge in [0.15, 0.2) is 0 Å². The summed E-state index contributed by atoms with van der Waals surface area (Å²) in [6, 6.07) is 0. The molecule has 0 aromatic heterocycles. The van der Waals surface area contributed by atoms with E-state index in [0.717, 1.165) is 24.7 Å². The van der Waals surface area contributed by atoms with E-state index in [1.807, 2.05) is 6.08 Å². The number of rotatable bonds is 5. The molecule has 0 aliphatic rings. The van der Waals surface area contributed by atoms with Crippen molar-refractivity contribution in [3.8, 4) is 0 Å². The molecule has 0 aromatic carbocycles. The van der Waals surface area contributed by atoms with Crippen LogP contribution in [0.4, 0.5) is 0 Å². The molecule has 10 heavy (non-hydrogen) atoms. The smallest absolute Gasteiger partial charge is 0.146 e. The van der Waals surface area contributed by atoms with Gasteiger partial charge in [-0.05, 0) is 18.4 Å². The molecule has 0 aliphatic carbocycles. The van der Waals surface area contributed by atoms with Gasteiger partial charge in [0.2, 0.25) is 0 Å². The lowest BCUT2D eigenvalue weighted by Crippen LogP contribution is -1.81. The minimum atomic E-state index is 0.698. The van der Waals surface area contributed by atoms with E-state index < -0.39 is 0 Å². The van der Waals surface area contributed by atoms with Gasteiger partial charge in [-0.15, -0.1) is 6.58 Å². The molecule has 0 unspecified atom stereocenters. The molecule has 0 spiro atoms. The maximum atomic E-state index is 10.3. The van der Waals surface area contributed by atoms with Crippen molar-refractivity contribution in [3.05, 3.63) is 24.3 Å². The number of unbranched alkanes of at least 4 members (excludes halogenated alkanes) is 1. The Balaban J connectivity index is 3.77. The van der Waals surface area contributed by atoms with Gasteiger partial charge in [-0.25, -0.2) is 0 Å². The van der Waals surface area contributed by atoms with Gasteiger partial charge in [0.1, 0.15) is 6.29 Å². The maximum absolute atomic E-state index is 10.3. The van der Waals surface area contributed by atoms with Gasteiger partial charge in [0, 0.05) is 0 Å². The van der Waals surface area contributed by atoms with Crippen molar-refractivity contribution in [2.24, 2.45) is 0 Å². The van der Waals surface area contributed by atoms with Crippen LogP contribution in [0.5, 0.6) is 0 Å². The Morgan fingerprint density at radius 2 is 2.30 bits per heavy atom. The first-order chi connectivity index (χ1) is 4.85. The van der Waals surface area contributed by atoms with E-state index in [1.165, 1.54) is 0 Å². The minimum absolute atomic E-state index is 0.698. The average molecular weight is 138 g/mol. The summed E-state index contributed by atoms with van der Waals surface area (Å²) in [5.41, 5.74) is 0.844. The third-order valence-corrected chi connectivity index (χ3v) is 1.23. The zero-order valence-corrected chi connectivity index (χ0v) is 6.47. The number of allylic oxidation sites excluding steroid dienone is 3. The zero-order valence-electron chi connectivity index (χ0n) is 6.47. The molecule has 0 fully saturated rings. The van der Waals surface area contributed by atoms with Crippen molar-refractivity contribution in [1.82, 2.24) is 0 Å². The van der Waals surface area contributed by atoms with Crippen molar-refractivity contribution in [2.75, 3.05) is 0 Å². The molecule has 1 nitrogen and oxygen atoms in total. The van der Waals surface area contributed by atoms with Crippen molar-refractivity contribution in [3.63, 3.8) is 0 Å². The van der Waals surface area contributed by atoms with Gasteiger partial charge >= 0.3 is 0 Å². The lowest BCUT2D eigenvalue weighted by molar-refractivity contribution is -0.105. The second-order valence-electron chi connectivity index (χ2n) is 2.18. The maximum Gasteiger partial charge on any atom is 0.146 e. The first-order valence-electron chi connectivity index (χ1n) is 3.60. The summed E-state index contributed by atoms with van der Waals surface area (Å²) in [6.07, 6.45) is 7.39. The van der Waals surface area contributed by atoms with Crippen molar-refractivity contribution >= 4 is 6.29 Å². The van der Waals surface area contributed by atoms with Crippen LogP contribution >= 0.6 is 0 Å². The average Bonchev–Trinajstić information content (AvgIpc) is 1.98. The summed E-state index contributed by atoms with van der Waals surface area (Å²) in [6.45, 7) is 5.65. The third-order valence-electron chi connectivity index (χ3n) is 1.23. The lowest BCUT2D eigenvalue weighted by atomic mass is 10.1. The highest BCUT2D eigenvalue weighted by Gasteiger charge is 1.88. The monoisotopic (exact) mass is 138 g/mol. The number of aldehydes is 1. The number of hydrogen-bond acceptors (Lipinski definition) is 1. The Morgan fingerprint density at radius 1 is 1.60 bits per heavy atom. The fourth-order valence-electron chi connectivity index (χ4n) is 0.676. The van der Waals surface area contributed by atoms with Gasteiger partial charge in [0.05, 0.1) is 0 Å². The first-order valence-corrected chi connectivity index (χ1v) is 3.60. The standard InChI is InChI=1S/C9H14O/c1-3-5-7-9(8-10)6-4-2/h4,7-8H,2-3,5-6H2,1H3/b9-7+. The molecule has 0 bridgehead atoms. The summed E-state index contributed by atoms with van der Waals surface area (Å²) in [7, 11) is 0. The van der Waals surface area contributed by atoms with Gasteiger partial charge in [-0.2, -0.15) is 0 Å². The Bertz CT molecular complexity index is 134. The van der Waals surface area contributed by atoms with E-state index >= 15 is 0 Å². The van der Waals surface area contributed by atoms with E-state index in [9.17, 15) is 4.79 Å². The highest BCUT2D eigenvalue weighted by Crippen LogP contribution is 2.00. The molecule has 0 rings (SSSR count). The lowest BCUT2D eigenvalue weighted by Gasteiger charge is -1.91. The van der Waals surface area contributed by atoms with E-state index in [0.29, 0.717) is 6.42 Å². The second kappa shape index (κ2) is 6.27. The summed E-state index contributed by atoms with van der Waals surface area (Å²) >= 11 is 0. The number of carbonyl (C=O) groups excluding carboxylic acids is 1. The Labute approximate surface area is 62.4 Å². The topological polar surface area (TPSA) is 17.1 Å². The highest BCUT2D eigenvalue weighted by molar-refractivity contribution is 5.73.